The third-order valence-corrected chi connectivity index (χ3v) is 2.91. The number of nitrogens with zero attached hydrogens (tertiary/aromatic N) is 2. The van der Waals surface area contributed by atoms with Crippen LogP contribution in [0.25, 0.3) is 0 Å². The van der Waals surface area contributed by atoms with Crippen LogP contribution in [0.1, 0.15) is 48.5 Å². The lowest BCUT2D eigenvalue weighted by Crippen LogP contribution is -2.50. The van der Waals surface area contributed by atoms with Gasteiger partial charge in [0.05, 0.1) is 5.71 Å². The monoisotopic (exact) mass is 214 g/mol. The van der Waals surface area contributed by atoms with E-state index in [1.807, 2.05) is 0 Å². The third kappa shape index (κ3) is 3.82. The first-order valence-corrected chi connectivity index (χ1v) is 5.47. The summed E-state index contributed by atoms with van der Waals surface area (Å²) in [5.74, 6) is 0. The zero-order valence-electron chi connectivity index (χ0n) is 11.4. The zero-order chi connectivity index (χ0) is 12.4. The average Bonchev–Trinajstić information content (AvgIpc) is 1.99. The molecule has 0 spiro atoms. The summed E-state index contributed by atoms with van der Waals surface area (Å²) in [5.41, 5.74) is 0.786. The first-order valence-electron chi connectivity index (χ1n) is 5.47. The van der Waals surface area contributed by atoms with E-state index in [0.29, 0.717) is 0 Å². The van der Waals surface area contributed by atoms with Crippen LogP contribution in [-0.2, 0) is 0 Å². The molecule has 0 aromatic rings. The highest BCUT2D eigenvalue weighted by atomic mass is 16.4. The van der Waals surface area contributed by atoms with Crippen LogP contribution in [-0.4, -0.2) is 34.4 Å². The maximum absolute atomic E-state index is 9.11. The first-order chi connectivity index (χ1) is 6.51. The van der Waals surface area contributed by atoms with Crippen molar-refractivity contribution in [1.29, 1.82) is 0 Å². The van der Waals surface area contributed by atoms with Crippen LogP contribution >= 0.6 is 0 Å². The molecule has 0 aliphatic carbocycles. The molecule has 15 heavy (non-hydrogen) atoms. The second kappa shape index (κ2) is 4.52. The van der Waals surface area contributed by atoms with Crippen molar-refractivity contribution in [3.05, 3.63) is 0 Å². The molecule has 3 nitrogen and oxygen atoms in total. The Labute approximate surface area is 94.2 Å². The molecule has 1 N–H and O–H groups in total. The lowest BCUT2D eigenvalue weighted by Gasteiger charge is -2.39. The van der Waals surface area contributed by atoms with Gasteiger partial charge in [-0.05, 0) is 34.7 Å². The van der Waals surface area contributed by atoms with Crippen LogP contribution in [0.15, 0.2) is 5.16 Å². The largest absolute Gasteiger partial charge is 0.411 e. The Kier molecular flexibility index (Phi) is 4.35. The summed E-state index contributed by atoms with van der Waals surface area (Å²) in [7, 11) is 2.06. The highest BCUT2D eigenvalue weighted by Crippen LogP contribution is 2.24. The molecule has 0 unspecified atom stereocenters. The number of hydrogen-bond donors (Lipinski definition) is 1. The minimum Gasteiger partial charge on any atom is -0.411 e. The molecule has 3 heteroatoms. The zero-order valence-corrected chi connectivity index (χ0v) is 11.4. The van der Waals surface area contributed by atoms with Crippen LogP contribution in [0, 0.1) is 5.41 Å². The van der Waals surface area contributed by atoms with Crippen LogP contribution in [0.4, 0.5) is 0 Å². The van der Waals surface area contributed by atoms with Gasteiger partial charge in [0.2, 0.25) is 0 Å². The van der Waals surface area contributed by atoms with Gasteiger partial charge < -0.3 is 5.21 Å². The van der Waals surface area contributed by atoms with Gasteiger partial charge in [-0.2, -0.15) is 0 Å². The Morgan fingerprint density at radius 3 is 1.73 bits per heavy atom. The van der Waals surface area contributed by atoms with Crippen LogP contribution in [0.5, 0.6) is 0 Å². The van der Waals surface area contributed by atoms with Crippen molar-refractivity contribution in [2.75, 3.05) is 7.05 Å². The van der Waals surface area contributed by atoms with Gasteiger partial charge in [-0.25, -0.2) is 0 Å². The van der Waals surface area contributed by atoms with E-state index < -0.39 is 0 Å². The molecule has 0 fully saturated rings. The fourth-order valence-corrected chi connectivity index (χ4v) is 1.62. The molecule has 0 rings (SSSR count). The SMILES string of the molecule is C[C@H](C(=NO)C(C)(C)C)N(C)C(C)(C)C. The Balaban J connectivity index is 4.93. The van der Waals surface area contributed by atoms with Crippen LogP contribution in [0.2, 0.25) is 0 Å². The Hall–Kier alpha value is -0.570. The van der Waals surface area contributed by atoms with Gasteiger partial charge in [0.15, 0.2) is 0 Å². The van der Waals surface area contributed by atoms with Crippen molar-refractivity contribution in [1.82, 2.24) is 4.90 Å². The van der Waals surface area contributed by atoms with Gasteiger partial charge in [-0.3, -0.25) is 4.90 Å². The quantitative estimate of drug-likeness (QED) is 0.436. The Morgan fingerprint density at radius 1 is 1.13 bits per heavy atom. The van der Waals surface area contributed by atoms with Gasteiger partial charge in [-0.1, -0.05) is 25.9 Å². The molecule has 0 aromatic heterocycles. The molecular formula is C12H26N2O. The molecule has 0 aromatic carbocycles. The molecule has 0 aliphatic rings. The second-order valence-corrected chi connectivity index (χ2v) is 6.19. The summed E-state index contributed by atoms with van der Waals surface area (Å²) in [6.07, 6.45) is 0. The maximum Gasteiger partial charge on any atom is 0.0792 e. The highest BCUT2D eigenvalue weighted by Gasteiger charge is 2.31. The summed E-state index contributed by atoms with van der Waals surface area (Å²) in [4.78, 5) is 2.22. The molecule has 90 valence electrons. The summed E-state index contributed by atoms with van der Waals surface area (Å²) in [5, 5.41) is 12.6. The van der Waals surface area contributed by atoms with Crippen molar-refractivity contribution >= 4 is 5.71 Å². The van der Waals surface area contributed by atoms with E-state index in [1.54, 1.807) is 0 Å². The van der Waals surface area contributed by atoms with E-state index >= 15 is 0 Å². The molecule has 0 amide bonds. The smallest absolute Gasteiger partial charge is 0.0792 e. The van der Waals surface area contributed by atoms with Crippen molar-refractivity contribution in [3.8, 4) is 0 Å². The van der Waals surface area contributed by atoms with Gasteiger partial charge in [0, 0.05) is 17.0 Å². The predicted octanol–water partition coefficient (Wildman–Crippen LogP) is 2.98. The number of oxime groups is 1. The van der Waals surface area contributed by atoms with E-state index in [1.165, 1.54) is 0 Å². The average molecular weight is 214 g/mol. The van der Waals surface area contributed by atoms with Crippen molar-refractivity contribution in [2.45, 2.75) is 60.0 Å². The molecule has 1 atom stereocenters. The topological polar surface area (TPSA) is 35.8 Å². The molecule has 0 bridgehead atoms. The van der Waals surface area contributed by atoms with Gasteiger partial charge in [0.1, 0.15) is 0 Å². The van der Waals surface area contributed by atoms with Crippen molar-refractivity contribution in [2.24, 2.45) is 10.6 Å². The Bertz CT molecular complexity index is 233. The summed E-state index contributed by atoms with van der Waals surface area (Å²) in [6, 6.07) is 0.134. The lowest BCUT2D eigenvalue weighted by atomic mass is 9.84. The fraction of sp³-hybridized carbons (Fsp3) is 0.917. The van der Waals surface area contributed by atoms with E-state index in [4.69, 9.17) is 5.21 Å². The molecule has 0 saturated carbocycles. The van der Waals surface area contributed by atoms with Crippen LogP contribution < -0.4 is 0 Å². The summed E-state index contributed by atoms with van der Waals surface area (Å²) < 4.78 is 0. The van der Waals surface area contributed by atoms with Crippen molar-refractivity contribution in [3.63, 3.8) is 0 Å². The number of rotatable bonds is 2. The minimum atomic E-state index is -0.103. The van der Waals surface area contributed by atoms with E-state index in [9.17, 15) is 0 Å². The normalized spacial score (nSPS) is 17.0. The molecular weight excluding hydrogens is 188 g/mol. The second-order valence-electron chi connectivity index (χ2n) is 6.19. The molecule has 0 radical (unpaired) electrons. The van der Waals surface area contributed by atoms with Gasteiger partial charge >= 0.3 is 0 Å². The highest BCUT2D eigenvalue weighted by molar-refractivity contribution is 5.93. The maximum atomic E-state index is 9.11. The standard InChI is InChI=1S/C12H26N2O/c1-9(14(8)12(5,6)7)10(13-15)11(2,3)4/h9,15H,1-8H3/t9-/m1/s1. The van der Waals surface area contributed by atoms with Crippen LogP contribution in [0.3, 0.4) is 0 Å². The first kappa shape index (κ1) is 14.4. The summed E-state index contributed by atoms with van der Waals surface area (Å²) in [6.45, 7) is 14.7. The van der Waals surface area contributed by atoms with Gasteiger partial charge in [-0.15, -0.1) is 0 Å². The minimum absolute atomic E-state index is 0.0700. The van der Waals surface area contributed by atoms with Gasteiger partial charge in [0.25, 0.3) is 0 Å². The van der Waals surface area contributed by atoms with E-state index in [0.717, 1.165) is 5.71 Å². The lowest BCUT2D eigenvalue weighted by molar-refractivity contribution is 0.151. The molecule has 0 heterocycles. The fourth-order valence-electron chi connectivity index (χ4n) is 1.62. The van der Waals surface area contributed by atoms with E-state index in [2.05, 4.69) is 65.6 Å². The molecule has 0 saturated heterocycles. The summed E-state index contributed by atoms with van der Waals surface area (Å²) >= 11 is 0. The molecule has 0 aliphatic heterocycles. The Morgan fingerprint density at radius 2 is 1.53 bits per heavy atom. The predicted molar refractivity (Wildman–Crippen MR) is 65.7 cm³/mol. The number of hydrogen-bond acceptors (Lipinski definition) is 3. The van der Waals surface area contributed by atoms with E-state index in [-0.39, 0.29) is 17.0 Å². The van der Waals surface area contributed by atoms with Crippen molar-refractivity contribution < 1.29 is 5.21 Å². The third-order valence-electron chi connectivity index (χ3n) is 2.91.